The number of aryl methyl sites for hydroxylation is 1. The number of ether oxygens (including phenoxy) is 2. The van der Waals surface area contributed by atoms with Gasteiger partial charge < -0.3 is 30.7 Å². The highest BCUT2D eigenvalue weighted by molar-refractivity contribution is 5.98. The number of rotatable bonds is 24. The van der Waals surface area contributed by atoms with Gasteiger partial charge in [-0.25, -0.2) is 0 Å². The maximum absolute atomic E-state index is 14.1. The second-order valence-corrected chi connectivity index (χ2v) is 16.4. The van der Waals surface area contributed by atoms with Gasteiger partial charge in [-0.1, -0.05) is 94.8 Å². The van der Waals surface area contributed by atoms with Gasteiger partial charge in [0.05, 0.1) is 25.9 Å². The minimum absolute atomic E-state index is 0.0228. The summed E-state index contributed by atoms with van der Waals surface area (Å²) in [6.07, 6.45) is 4.72. The third kappa shape index (κ3) is 15.4. The van der Waals surface area contributed by atoms with Gasteiger partial charge in [0.1, 0.15) is 23.7 Å². The fourth-order valence-electron chi connectivity index (χ4n) is 7.01. The van der Waals surface area contributed by atoms with Crippen molar-refractivity contribution >= 4 is 29.4 Å². The van der Waals surface area contributed by atoms with Gasteiger partial charge in [0.2, 0.25) is 23.6 Å². The molecule has 2 heterocycles. The summed E-state index contributed by atoms with van der Waals surface area (Å²) in [5.41, 5.74) is 0.935. The van der Waals surface area contributed by atoms with Crippen LogP contribution in [-0.4, -0.2) is 104 Å². The lowest BCUT2D eigenvalue weighted by molar-refractivity contribution is -0.135. The van der Waals surface area contributed by atoms with Crippen molar-refractivity contribution < 1.29 is 33.4 Å². The number of unbranched alkanes of at least 4 members (excludes halogenated alkanes) is 2. The molecule has 12 nitrogen and oxygen atoms in total. The molecule has 0 aliphatic carbocycles. The molecule has 0 bridgehead atoms. The minimum Gasteiger partial charge on any atom is -0.379 e. The third-order valence-corrected chi connectivity index (χ3v) is 10.4. The number of amides is 4. The van der Waals surface area contributed by atoms with Gasteiger partial charge in [-0.3, -0.25) is 28.9 Å². The largest absolute Gasteiger partial charge is 0.379 e. The van der Waals surface area contributed by atoms with Gasteiger partial charge in [0, 0.05) is 25.9 Å². The van der Waals surface area contributed by atoms with Gasteiger partial charge in [0.25, 0.3) is 0 Å². The Kier molecular flexibility index (Phi) is 18.0. The van der Waals surface area contributed by atoms with Crippen LogP contribution in [0.2, 0.25) is 0 Å². The number of Topliss-reactive ketones (excluding diaryl/α,β-unsaturated/α-hetero) is 1. The summed E-state index contributed by atoms with van der Waals surface area (Å²) in [7, 11) is 0. The second kappa shape index (κ2) is 22.6. The van der Waals surface area contributed by atoms with Crippen LogP contribution in [-0.2, 0) is 46.3 Å². The van der Waals surface area contributed by atoms with Gasteiger partial charge in [0.15, 0.2) is 5.78 Å². The fraction of sp³-hybridized carbons (Fsp3) is 0.614. The molecule has 2 aliphatic rings. The first-order valence-corrected chi connectivity index (χ1v) is 20.6. The molecule has 0 saturated carbocycles. The van der Waals surface area contributed by atoms with Crippen molar-refractivity contribution in [2.24, 2.45) is 11.8 Å². The molecule has 308 valence electrons. The van der Waals surface area contributed by atoms with E-state index in [-0.39, 0.29) is 29.9 Å². The minimum atomic E-state index is -1.02. The van der Waals surface area contributed by atoms with Crippen LogP contribution in [0.5, 0.6) is 0 Å². The molecule has 56 heavy (non-hydrogen) atoms. The zero-order valence-electron chi connectivity index (χ0n) is 34.1. The zero-order chi connectivity index (χ0) is 40.5. The van der Waals surface area contributed by atoms with E-state index in [0.29, 0.717) is 45.1 Å². The molecule has 4 amide bonds. The molecule has 2 fully saturated rings. The van der Waals surface area contributed by atoms with Crippen molar-refractivity contribution in [3.05, 3.63) is 71.8 Å². The molecular weight excluding hydrogens is 711 g/mol. The van der Waals surface area contributed by atoms with Crippen molar-refractivity contribution in [1.82, 2.24) is 26.2 Å². The Balaban J connectivity index is 1.45. The number of nitrogens with one attached hydrogen (secondary N) is 4. The number of carbonyl (C=O) groups is 5. The summed E-state index contributed by atoms with van der Waals surface area (Å²) in [6.45, 7) is 14.3. The van der Waals surface area contributed by atoms with Crippen LogP contribution in [0.4, 0.5) is 0 Å². The van der Waals surface area contributed by atoms with Crippen LogP contribution in [0.15, 0.2) is 60.7 Å². The first kappa shape index (κ1) is 44.6. The third-order valence-electron chi connectivity index (χ3n) is 10.4. The van der Waals surface area contributed by atoms with E-state index in [2.05, 4.69) is 26.2 Å². The predicted octanol–water partition coefficient (Wildman–Crippen LogP) is 4.14. The molecule has 2 aliphatic heterocycles. The number of carbonyl (C=O) groups excluding carboxylic acids is 5. The van der Waals surface area contributed by atoms with Crippen LogP contribution < -0.4 is 21.3 Å². The van der Waals surface area contributed by atoms with Crippen molar-refractivity contribution in [2.45, 2.75) is 122 Å². The lowest BCUT2D eigenvalue weighted by Crippen LogP contribution is -2.59. The van der Waals surface area contributed by atoms with Crippen LogP contribution in [0, 0.1) is 11.8 Å². The molecule has 0 aromatic heterocycles. The van der Waals surface area contributed by atoms with Crippen molar-refractivity contribution in [3.8, 4) is 0 Å². The van der Waals surface area contributed by atoms with Crippen molar-refractivity contribution in [2.75, 3.05) is 39.5 Å². The number of morpholine rings is 1. The van der Waals surface area contributed by atoms with E-state index in [1.807, 2.05) is 88.4 Å². The Labute approximate surface area is 333 Å². The second-order valence-electron chi connectivity index (χ2n) is 16.4. The first-order valence-electron chi connectivity index (χ1n) is 20.6. The van der Waals surface area contributed by atoms with E-state index in [1.54, 1.807) is 6.92 Å². The molecule has 2 saturated heterocycles. The summed E-state index contributed by atoms with van der Waals surface area (Å²) >= 11 is 0. The van der Waals surface area contributed by atoms with E-state index in [4.69, 9.17) is 9.47 Å². The SMILES string of the molecule is CC(C)CC(NC(=O)[C@H](CCc1ccccc1)NC(=O)CCCCCN1CCOCC1)C(=O)N[C@@H](Cc1ccccc1)C(=O)NC(CC(C)C)C(=O)[C@@]1(C)CO1. The number of hydrogen-bond acceptors (Lipinski definition) is 8. The number of epoxide rings is 1. The van der Waals surface area contributed by atoms with Crippen LogP contribution in [0.1, 0.15) is 90.7 Å². The highest BCUT2D eigenvalue weighted by Crippen LogP contribution is 2.29. The number of hydrogen-bond donors (Lipinski definition) is 4. The molecule has 0 radical (unpaired) electrons. The quantitative estimate of drug-likeness (QED) is 0.0916. The maximum Gasteiger partial charge on any atom is 0.243 e. The number of nitrogens with zero attached hydrogens (tertiary/aromatic N) is 1. The van der Waals surface area contributed by atoms with E-state index in [1.165, 1.54) is 0 Å². The number of ketones is 1. The molecule has 2 unspecified atom stereocenters. The standard InChI is InChI=1S/C44H65N5O7/c1-31(2)27-36(40(51)44(5)30-56-44)46-43(54)38(29-34-17-11-7-12-18-34)48-42(53)37(28-32(3)4)47-41(52)35(21-20-33-15-9-6-10-16-33)45-39(50)19-13-8-14-22-49-23-25-55-26-24-49/h6-7,9-12,15-18,31-32,35-38H,8,13-14,19-30H2,1-5H3,(H,45,50)(H,46,54)(H,47,52)(H,48,53)/t35-,36?,37?,38-,44+/m0/s1. The monoisotopic (exact) mass is 775 g/mol. The average molecular weight is 776 g/mol. The molecule has 2 aromatic carbocycles. The Hall–Kier alpha value is -4.13. The highest BCUT2D eigenvalue weighted by atomic mass is 16.6. The van der Waals surface area contributed by atoms with Gasteiger partial charge >= 0.3 is 0 Å². The Morgan fingerprint density at radius 3 is 1.82 bits per heavy atom. The molecule has 4 rings (SSSR count). The summed E-state index contributed by atoms with van der Waals surface area (Å²) in [6, 6.07) is 15.5. The molecule has 4 N–H and O–H groups in total. The maximum atomic E-state index is 14.1. The molecule has 5 atom stereocenters. The molecule has 2 aromatic rings. The molecule has 12 heteroatoms. The van der Waals surface area contributed by atoms with Crippen LogP contribution in [0.3, 0.4) is 0 Å². The zero-order valence-corrected chi connectivity index (χ0v) is 34.1. The van der Waals surface area contributed by atoms with Gasteiger partial charge in [-0.05, 0) is 75.0 Å². The summed E-state index contributed by atoms with van der Waals surface area (Å²) in [4.78, 5) is 71.1. The number of benzene rings is 2. The van der Waals surface area contributed by atoms with E-state index >= 15 is 0 Å². The lowest BCUT2D eigenvalue weighted by atomic mass is 9.93. The Bertz CT molecular complexity index is 1540. The van der Waals surface area contributed by atoms with Crippen molar-refractivity contribution in [1.29, 1.82) is 0 Å². The summed E-state index contributed by atoms with van der Waals surface area (Å²) in [5, 5.41) is 11.8. The first-order chi connectivity index (χ1) is 26.8. The Morgan fingerprint density at radius 1 is 0.679 bits per heavy atom. The highest BCUT2D eigenvalue weighted by Gasteiger charge is 2.50. The molecule has 0 spiro atoms. The van der Waals surface area contributed by atoms with E-state index < -0.39 is 47.5 Å². The smallest absolute Gasteiger partial charge is 0.243 e. The van der Waals surface area contributed by atoms with Crippen LogP contribution in [0.25, 0.3) is 0 Å². The summed E-state index contributed by atoms with van der Waals surface area (Å²) in [5.74, 6) is -1.70. The molecular formula is C44H65N5O7. The summed E-state index contributed by atoms with van der Waals surface area (Å²) < 4.78 is 10.8. The van der Waals surface area contributed by atoms with Crippen molar-refractivity contribution in [3.63, 3.8) is 0 Å². The van der Waals surface area contributed by atoms with Gasteiger partial charge in [-0.15, -0.1) is 0 Å². The average Bonchev–Trinajstić information content (AvgIpc) is 3.94. The Morgan fingerprint density at radius 2 is 1.21 bits per heavy atom. The van der Waals surface area contributed by atoms with E-state index in [0.717, 1.165) is 56.8 Å². The normalized spacial score (nSPS) is 19.1. The topological polar surface area (TPSA) is 158 Å². The van der Waals surface area contributed by atoms with Crippen LogP contribution >= 0.6 is 0 Å². The van der Waals surface area contributed by atoms with E-state index in [9.17, 15) is 24.0 Å². The fourth-order valence-corrected chi connectivity index (χ4v) is 7.01. The van der Waals surface area contributed by atoms with Gasteiger partial charge in [-0.2, -0.15) is 0 Å². The predicted molar refractivity (Wildman–Crippen MR) is 217 cm³/mol. The lowest BCUT2D eigenvalue weighted by Gasteiger charge is -2.28.